The van der Waals surface area contributed by atoms with Crippen molar-refractivity contribution in [3.63, 3.8) is 0 Å². The van der Waals surface area contributed by atoms with Gasteiger partial charge in [0.05, 0.1) is 16.7 Å². The zero-order chi connectivity index (χ0) is 15.6. The summed E-state index contributed by atoms with van der Waals surface area (Å²) in [7, 11) is 0. The van der Waals surface area contributed by atoms with Gasteiger partial charge in [-0.25, -0.2) is 9.97 Å². The summed E-state index contributed by atoms with van der Waals surface area (Å²) in [4.78, 5) is 12.7. The summed E-state index contributed by atoms with van der Waals surface area (Å²) in [6, 6.07) is 16.6. The highest BCUT2D eigenvalue weighted by Crippen LogP contribution is 2.27. The van der Waals surface area contributed by atoms with Crippen LogP contribution in [0.2, 0.25) is 0 Å². The van der Waals surface area contributed by atoms with Crippen molar-refractivity contribution in [2.45, 2.75) is 17.8 Å². The van der Waals surface area contributed by atoms with Gasteiger partial charge in [0.25, 0.3) is 0 Å². The highest BCUT2D eigenvalue weighted by molar-refractivity contribution is 7.98. The molecule has 0 saturated carbocycles. The molecule has 0 aliphatic rings. The summed E-state index contributed by atoms with van der Waals surface area (Å²) in [6.45, 7) is 2.09. The van der Waals surface area contributed by atoms with Crippen molar-refractivity contribution in [3.8, 4) is 10.6 Å². The first-order valence-corrected chi connectivity index (χ1v) is 9.23. The maximum absolute atomic E-state index is 4.72. The molecule has 0 aliphatic carbocycles. The molecule has 114 valence electrons. The fourth-order valence-corrected chi connectivity index (χ4v) is 4.11. The minimum Gasteiger partial charge on any atom is -0.333 e. The molecule has 0 spiro atoms. The summed E-state index contributed by atoms with van der Waals surface area (Å²) < 4.78 is 0. The molecule has 5 heteroatoms. The van der Waals surface area contributed by atoms with Gasteiger partial charge in [0, 0.05) is 16.7 Å². The van der Waals surface area contributed by atoms with Gasteiger partial charge in [0.2, 0.25) is 0 Å². The number of hydrogen-bond donors (Lipinski definition) is 1. The van der Waals surface area contributed by atoms with E-state index >= 15 is 0 Å². The van der Waals surface area contributed by atoms with Crippen LogP contribution in [-0.2, 0) is 5.75 Å². The van der Waals surface area contributed by atoms with E-state index in [2.05, 4.69) is 52.6 Å². The number of aromatic nitrogens is 3. The summed E-state index contributed by atoms with van der Waals surface area (Å²) in [5, 5.41) is 4.14. The number of imidazole rings is 1. The van der Waals surface area contributed by atoms with E-state index in [1.807, 2.05) is 18.2 Å². The van der Waals surface area contributed by atoms with Gasteiger partial charge < -0.3 is 4.98 Å². The second-order valence-electron chi connectivity index (χ2n) is 5.36. The zero-order valence-electron chi connectivity index (χ0n) is 12.6. The number of aromatic amines is 1. The highest BCUT2D eigenvalue weighted by atomic mass is 32.2. The van der Waals surface area contributed by atoms with E-state index in [4.69, 9.17) is 4.98 Å². The Morgan fingerprint density at radius 3 is 2.83 bits per heavy atom. The van der Waals surface area contributed by atoms with E-state index in [1.165, 1.54) is 11.1 Å². The molecule has 2 aromatic carbocycles. The van der Waals surface area contributed by atoms with Crippen LogP contribution < -0.4 is 0 Å². The average molecular weight is 337 g/mol. The summed E-state index contributed by atoms with van der Waals surface area (Å²) in [6.07, 6.45) is 0. The smallest absolute Gasteiger partial charge is 0.166 e. The standard InChI is InChI=1S/C18H15N3S2/c1-12-7-8-15-16(9-12)21-18(20-15)23-11-14-10-22-17(19-14)13-5-3-2-4-6-13/h2-10H,11H2,1H3,(H,20,21). The lowest BCUT2D eigenvalue weighted by atomic mass is 10.2. The SMILES string of the molecule is Cc1ccc2nc(SCc3csc(-c4ccccc4)n3)[nH]c2c1. The number of thioether (sulfide) groups is 1. The molecule has 2 heterocycles. The first-order valence-electron chi connectivity index (χ1n) is 7.37. The number of aryl methyl sites for hydroxylation is 1. The van der Waals surface area contributed by atoms with Crippen molar-refractivity contribution in [1.29, 1.82) is 0 Å². The largest absolute Gasteiger partial charge is 0.333 e. The van der Waals surface area contributed by atoms with Crippen molar-refractivity contribution in [2.24, 2.45) is 0 Å². The minimum atomic E-state index is 0.822. The summed E-state index contributed by atoms with van der Waals surface area (Å²) >= 11 is 3.38. The Hall–Kier alpha value is -2.11. The predicted molar refractivity (Wildman–Crippen MR) is 97.9 cm³/mol. The Morgan fingerprint density at radius 2 is 1.96 bits per heavy atom. The molecule has 0 aliphatic heterocycles. The fourth-order valence-electron chi connectivity index (χ4n) is 2.40. The highest BCUT2D eigenvalue weighted by Gasteiger charge is 2.07. The lowest BCUT2D eigenvalue weighted by Crippen LogP contribution is -1.83. The Labute approximate surface area is 142 Å². The number of nitrogens with one attached hydrogen (secondary N) is 1. The minimum absolute atomic E-state index is 0.822. The predicted octanol–water partition coefficient (Wildman–Crippen LogP) is 5.29. The van der Waals surface area contributed by atoms with Crippen LogP contribution in [0.1, 0.15) is 11.3 Å². The van der Waals surface area contributed by atoms with Crippen LogP contribution in [0.25, 0.3) is 21.6 Å². The normalized spacial score (nSPS) is 11.2. The Bertz CT molecular complexity index is 941. The molecule has 1 N–H and O–H groups in total. The second kappa shape index (κ2) is 6.18. The van der Waals surface area contributed by atoms with Gasteiger partial charge in [-0.1, -0.05) is 48.2 Å². The quantitative estimate of drug-likeness (QED) is 0.515. The molecule has 0 saturated heterocycles. The Morgan fingerprint density at radius 1 is 1.09 bits per heavy atom. The molecule has 0 amide bonds. The number of rotatable bonds is 4. The Kier molecular flexibility index (Phi) is 3.89. The maximum atomic E-state index is 4.72. The molecule has 0 radical (unpaired) electrons. The van der Waals surface area contributed by atoms with Crippen LogP contribution in [0.3, 0.4) is 0 Å². The topological polar surface area (TPSA) is 41.6 Å². The molecule has 3 nitrogen and oxygen atoms in total. The van der Waals surface area contributed by atoms with Crippen molar-refractivity contribution in [3.05, 3.63) is 65.2 Å². The van der Waals surface area contributed by atoms with Gasteiger partial charge in [0.1, 0.15) is 5.01 Å². The molecular weight excluding hydrogens is 322 g/mol. The molecule has 23 heavy (non-hydrogen) atoms. The van der Waals surface area contributed by atoms with E-state index in [0.717, 1.165) is 32.6 Å². The Balaban J connectivity index is 1.49. The van der Waals surface area contributed by atoms with Crippen LogP contribution in [0.5, 0.6) is 0 Å². The molecule has 2 aromatic heterocycles. The van der Waals surface area contributed by atoms with Gasteiger partial charge in [-0.05, 0) is 24.6 Å². The summed E-state index contributed by atoms with van der Waals surface area (Å²) in [5.74, 6) is 0.822. The van der Waals surface area contributed by atoms with Crippen LogP contribution >= 0.6 is 23.1 Å². The third-order valence-corrected chi connectivity index (χ3v) is 5.39. The van der Waals surface area contributed by atoms with Gasteiger partial charge in [-0.3, -0.25) is 0 Å². The second-order valence-corrected chi connectivity index (χ2v) is 7.18. The molecular formula is C18H15N3S2. The monoisotopic (exact) mass is 337 g/mol. The molecule has 0 atom stereocenters. The van der Waals surface area contributed by atoms with Crippen molar-refractivity contribution in [2.75, 3.05) is 0 Å². The van der Waals surface area contributed by atoms with Crippen molar-refractivity contribution >= 4 is 34.1 Å². The fraction of sp³-hybridized carbons (Fsp3) is 0.111. The number of benzene rings is 2. The molecule has 0 unspecified atom stereocenters. The lowest BCUT2D eigenvalue weighted by Gasteiger charge is -1.95. The average Bonchev–Trinajstić information content (AvgIpc) is 3.20. The third-order valence-electron chi connectivity index (χ3n) is 3.54. The zero-order valence-corrected chi connectivity index (χ0v) is 14.2. The van der Waals surface area contributed by atoms with Crippen molar-refractivity contribution < 1.29 is 0 Å². The number of thiazole rings is 1. The molecule has 4 rings (SSSR count). The molecule has 0 bridgehead atoms. The first kappa shape index (κ1) is 14.5. The van der Waals surface area contributed by atoms with Gasteiger partial charge in [-0.15, -0.1) is 11.3 Å². The third kappa shape index (κ3) is 3.16. The van der Waals surface area contributed by atoms with Crippen LogP contribution in [0, 0.1) is 6.92 Å². The van der Waals surface area contributed by atoms with Crippen molar-refractivity contribution in [1.82, 2.24) is 15.0 Å². The number of fused-ring (bicyclic) bond motifs is 1. The number of hydrogen-bond acceptors (Lipinski definition) is 4. The number of H-pyrrole nitrogens is 1. The first-order chi connectivity index (χ1) is 11.3. The lowest BCUT2D eigenvalue weighted by molar-refractivity contribution is 1.07. The van der Waals surface area contributed by atoms with Gasteiger partial charge >= 0.3 is 0 Å². The maximum Gasteiger partial charge on any atom is 0.166 e. The van der Waals surface area contributed by atoms with E-state index in [9.17, 15) is 0 Å². The van der Waals surface area contributed by atoms with E-state index in [0.29, 0.717) is 0 Å². The number of nitrogens with zero attached hydrogens (tertiary/aromatic N) is 2. The molecule has 4 aromatic rings. The van der Waals surface area contributed by atoms with Crippen LogP contribution in [-0.4, -0.2) is 15.0 Å². The summed E-state index contributed by atoms with van der Waals surface area (Å²) in [5.41, 5.74) is 5.62. The van der Waals surface area contributed by atoms with Crippen LogP contribution in [0.15, 0.2) is 59.1 Å². The van der Waals surface area contributed by atoms with Gasteiger partial charge in [0.15, 0.2) is 5.16 Å². The van der Waals surface area contributed by atoms with E-state index < -0.39 is 0 Å². The van der Waals surface area contributed by atoms with E-state index in [1.54, 1.807) is 23.1 Å². The van der Waals surface area contributed by atoms with Gasteiger partial charge in [-0.2, -0.15) is 0 Å². The molecule has 0 fully saturated rings. The van der Waals surface area contributed by atoms with Crippen LogP contribution in [0.4, 0.5) is 0 Å². The van der Waals surface area contributed by atoms with E-state index in [-0.39, 0.29) is 0 Å².